The van der Waals surface area contributed by atoms with E-state index in [0.717, 1.165) is 39.1 Å². The van der Waals surface area contributed by atoms with Gasteiger partial charge in [-0.05, 0) is 0 Å². The van der Waals surface area contributed by atoms with E-state index in [1.807, 2.05) is 0 Å². The topological polar surface area (TPSA) is 27.7 Å². The molecule has 2 bridgehead atoms. The molecule has 0 aliphatic carbocycles. The van der Waals surface area contributed by atoms with Gasteiger partial charge in [-0.1, -0.05) is 0 Å². The molecular formula is C30H34IO3P. The second kappa shape index (κ2) is 11.2. The van der Waals surface area contributed by atoms with Crippen molar-refractivity contribution >= 4 is 20.8 Å². The van der Waals surface area contributed by atoms with E-state index in [0.29, 0.717) is 0 Å². The maximum absolute atomic E-state index is 5.92. The minimum atomic E-state index is -1.63. The zero-order valence-corrected chi connectivity index (χ0v) is 23.4. The Balaban J connectivity index is 1.27. The van der Waals surface area contributed by atoms with Crippen LogP contribution in [0.1, 0.15) is 26.2 Å². The van der Waals surface area contributed by atoms with Crippen LogP contribution in [0.15, 0.2) is 103 Å². The second-order valence-electron chi connectivity index (χ2n) is 9.56. The number of benzene rings is 3. The van der Waals surface area contributed by atoms with Gasteiger partial charge in [0.15, 0.2) is 0 Å². The summed E-state index contributed by atoms with van der Waals surface area (Å²) in [6.45, 7) is 4.34. The van der Waals surface area contributed by atoms with Crippen LogP contribution in [0.25, 0.3) is 0 Å². The summed E-state index contributed by atoms with van der Waals surface area (Å²) in [5.41, 5.74) is 0.0210. The maximum atomic E-state index is 5.92. The van der Waals surface area contributed by atoms with E-state index < -0.39 is 10.9 Å². The predicted octanol–water partition coefficient (Wildman–Crippen LogP) is 2.45. The fourth-order valence-electron chi connectivity index (χ4n) is 4.61. The first-order valence-corrected chi connectivity index (χ1v) is 18.5. The first-order chi connectivity index (χ1) is 17.1. The monoisotopic (exact) mass is 600 g/mol. The van der Waals surface area contributed by atoms with E-state index in [2.05, 4.69) is 110 Å². The van der Waals surface area contributed by atoms with Crippen LogP contribution < -0.4 is 36.6 Å². The van der Waals surface area contributed by atoms with Crippen molar-refractivity contribution in [1.29, 1.82) is 0 Å². The molecule has 6 rings (SSSR count). The van der Waals surface area contributed by atoms with Gasteiger partial charge >= 0.3 is 221 Å². The van der Waals surface area contributed by atoms with Crippen molar-refractivity contribution < 1.29 is 34.9 Å². The average molecular weight is 600 g/mol. The molecule has 3 fully saturated rings. The molecule has 5 heteroatoms. The Morgan fingerprint density at radius 3 is 1.57 bits per heavy atom. The fraction of sp³-hybridized carbons (Fsp3) is 0.333. The second-order valence-corrected chi connectivity index (χ2v) is 20.0. The number of halogens is 1. The van der Waals surface area contributed by atoms with E-state index in [9.17, 15) is 0 Å². The number of allylic oxidation sites excluding steroid dienone is 2. The minimum absolute atomic E-state index is 0.0210. The molecule has 0 spiro atoms. The zero-order chi connectivity index (χ0) is 24.0. The van der Waals surface area contributed by atoms with Crippen molar-refractivity contribution in [3.05, 3.63) is 103 Å². The number of fused-ring (bicyclic) bond motifs is 3. The van der Waals surface area contributed by atoms with Gasteiger partial charge in [0, 0.05) is 0 Å². The Bertz CT molecular complexity index is 983. The van der Waals surface area contributed by atoms with E-state index in [4.69, 9.17) is 14.2 Å². The molecule has 184 valence electrons. The molecule has 0 unspecified atom stereocenters. The van der Waals surface area contributed by atoms with E-state index in [1.54, 1.807) is 0 Å². The van der Waals surface area contributed by atoms with Gasteiger partial charge in [-0.2, -0.15) is 0 Å². The molecular weight excluding hydrogens is 566 g/mol. The number of rotatable bonds is 10. The van der Waals surface area contributed by atoms with E-state index in [1.165, 1.54) is 20.3 Å². The zero-order valence-electron chi connectivity index (χ0n) is 20.3. The quantitative estimate of drug-likeness (QED) is 0.118. The Morgan fingerprint density at radius 2 is 1.11 bits per heavy atom. The van der Waals surface area contributed by atoms with Crippen molar-refractivity contribution in [3.8, 4) is 0 Å². The van der Waals surface area contributed by atoms with Crippen LogP contribution in [0.2, 0.25) is 0 Å². The normalized spacial score (nSPS) is 24.3. The van der Waals surface area contributed by atoms with Crippen LogP contribution in [0, 0.1) is 5.41 Å². The molecule has 35 heavy (non-hydrogen) atoms. The molecule has 3 nitrogen and oxygen atoms in total. The summed E-state index contributed by atoms with van der Waals surface area (Å²) in [4.78, 5) is -1.63. The molecule has 3 aliphatic heterocycles. The molecule has 3 heterocycles. The summed E-state index contributed by atoms with van der Waals surface area (Å²) in [5.74, 6) is -0.816. The van der Waals surface area contributed by atoms with Gasteiger partial charge in [0.2, 0.25) is 0 Å². The van der Waals surface area contributed by atoms with Crippen LogP contribution in [-0.2, 0) is 14.2 Å². The van der Waals surface area contributed by atoms with Crippen LogP contribution >= 0.6 is 4.90 Å². The van der Waals surface area contributed by atoms with Gasteiger partial charge in [-0.15, -0.1) is 0 Å². The molecule has 0 radical (unpaired) electrons. The summed E-state index contributed by atoms with van der Waals surface area (Å²) in [7, 11) is 0. The molecule has 0 saturated carbocycles. The number of alkyl halides is 1. The first kappa shape index (κ1) is 25.1. The molecule has 3 aromatic carbocycles. The van der Waals surface area contributed by atoms with Gasteiger partial charge in [-0.25, -0.2) is 0 Å². The van der Waals surface area contributed by atoms with E-state index >= 15 is 0 Å². The molecule has 0 aromatic heterocycles. The first-order valence-electron chi connectivity index (χ1n) is 12.4. The van der Waals surface area contributed by atoms with Crippen LogP contribution in [0.4, 0.5) is 0 Å². The molecule has 0 amide bonds. The van der Waals surface area contributed by atoms with Crippen molar-refractivity contribution in [1.82, 2.24) is 0 Å². The summed E-state index contributed by atoms with van der Waals surface area (Å²) in [5, 5.41) is 4.50. The van der Waals surface area contributed by atoms with Crippen molar-refractivity contribution in [3.63, 3.8) is 0 Å². The Kier molecular flexibility index (Phi) is 8.05. The summed E-state index contributed by atoms with van der Waals surface area (Å²) in [6.07, 6.45) is 7.40. The van der Waals surface area contributed by atoms with Crippen molar-refractivity contribution in [2.45, 2.75) is 32.2 Å². The van der Waals surface area contributed by atoms with Gasteiger partial charge in [0.1, 0.15) is 0 Å². The van der Waals surface area contributed by atoms with Gasteiger partial charge in [0.05, 0.1) is 0 Å². The van der Waals surface area contributed by atoms with E-state index in [-0.39, 0.29) is 26.1 Å². The molecule has 3 aliphatic rings. The summed E-state index contributed by atoms with van der Waals surface area (Å²) < 4.78 is 19.0. The van der Waals surface area contributed by atoms with Crippen LogP contribution in [-0.4, -0.2) is 30.2 Å². The van der Waals surface area contributed by atoms with Gasteiger partial charge in [-0.3, -0.25) is 0 Å². The number of hydrogen-bond acceptors (Lipinski definition) is 3. The number of hydrogen-bond donors (Lipinski definition) is 0. The Hall–Kier alpha value is -1.56. The van der Waals surface area contributed by atoms with Gasteiger partial charge < -0.3 is 0 Å². The third kappa shape index (κ3) is 5.57. The SMILES string of the molecule is CC12COC(CC/C=C\CC[I-][P+](c3ccccc3)(c3ccccc3)c3ccccc3)(OC1)OC2. The van der Waals surface area contributed by atoms with Crippen LogP contribution in [0.5, 0.6) is 0 Å². The van der Waals surface area contributed by atoms with Crippen molar-refractivity contribution in [2.75, 3.05) is 24.2 Å². The molecule has 3 aromatic rings. The number of ether oxygens (including phenoxy) is 3. The Morgan fingerprint density at radius 1 is 0.686 bits per heavy atom. The predicted molar refractivity (Wildman–Crippen MR) is 142 cm³/mol. The fourth-order valence-corrected chi connectivity index (χ4v) is 17.8. The third-order valence-electron chi connectivity index (χ3n) is 6.58. The van der Waals surface area contributed by atoms with Crippen molar-refractivity contribution in [2.24, 2.45) is 5.41 Å². The Labute approximate surface area is 219 Å². The average Bonchev–Trinajstić information content (AvgIpc) is 2.93. The third-order valence-corrected chi connectivity index (χ3v) is 20.3. The standard InChI is InChI=1S/C30H34IO3P/c1-29-23-32-30(33-24-29,34-25-29)21-13-2-3-14-22-31-35(26-15-7-4-8-16-26,27-17-9-5-10-18-27)28-19-11-6-12-20-28/h2-12,15-20H,13-14,21-25H2,1H3/b3-2-. The summed E-state index contributed by atoms with van der Waals surface area (Å²) in [6, 6.07) is 33.7. The summed E-state index contributed by atoms with van der Waals surface area (Å²) >= 11 is -0.126. The van der Waals surface area contributed by atoms with Crippen LogP contribution in [0.3, 0.4) is 0 Å². The molecule has 0 N–H and O–H groups in total. The molecule has 0 atom stereocenters. The molecule has 3 saturated heterocycles. The van der Waals surface area contributed by atoms with Gasteiger partial charge in [0.25, 0.3) is 0 Å².